The van der Waals surface area contributed by atoms with Crippen molar-refractivity contribution in [3.63, 3.8) is 0 Å². The minimum atomic E-state index is 0.885. The van der Waals surface area contributed by atoms with Crippen LogP contribution in [0.2, 0.25) is 0 Å². The van der Waals surface area contributed by atoms with Crippen LogP contribution in [0.3, 0.4) is 0 Å². The van der Waals surface area contributed by atoms with E-state index in [-0.39, 0.29) is 0 Å². The molecule has 1 rings (SSSR count). The summed E-state index contributed by atoms with van der Waals surface area (Å²) in [6.07, 6.45) is 2.65. The number of rotatable bonds is 3. The fourth-order valence-corrected chi connectivity index (χ4v) is 1.83. The minimum absolute atomic E-state index is 0.885. The lowest BCUT2D eigenvalue weighted by Gasteiger charge is -2.30. The highest BCUT2D eigenvalue weighted by Gasteiger charge is 2.17. The summed E-state index contributed by atoms with van der Waals surface area (Å²) in [7, 11) is 2.04. The molecule has 74 valence electrons. The first-order valence-electron chi connectivity index (χ1n) is 5.13. The zero-order chi connectivity index (χ0) is 9.52. The lowest BCUT2D eigenvalue weighted by molar-refractivity contribution is 0.202. The summed E-state index contributed by atoms with van der Waals surface area (Å²) in [4.78, 5) is 2.45. The average Bonchev–Trinajstić information content (AvgIpc) is 2.17. The summed E-state index contributed by atoms with van der Waals surface area (Å²) in [6, 6.07) is 0. The van der Waals surface area contributed by atoms with Crippen molar-refractivity contribution in [1.82, 2.24) is 10.2 Å². The average molecular weight is 180 g/mol. The van der Waals surface area contributed by atoms with Crippen molar-refractivity contribution in [2.24, 2.45) is 5.92 Å². The van der Waals surface area contributed by atoms with Crippen molar-refractivity contribution in [1.29, 1.82) is 0 Å². The zero-order valence-corrected chi connectivity index (χ0v) is 8.77. The molecule has 0 aromatic carbocycles. The molecule has 1 saturated heterocycles. The molecule has 0 spiro atoms. The van der Waals surface area contributed by atoms with E-state index in [4.69, 9.17) is 0 Å². The molecule has 0 aliphatic carbocycles. The van der Waals surface area contributed by atoms with Crippen molar-refractivity contribution >= 4 is 0 Å². The molecular weight excluding hydrogens is 160 g/mol. The number of hydrogen-bond donors (Lipinski definition) is 1. The standard InChI is InChI=1S/C11H20N2/c1-3-4-7-13-8-5-11(6-9-13)10-12-2/h11-12H,5-10H2,1-2H3. The van der Waals surface area contributed by atoms with E-state index in [1.807, 2.05) is 14.0 Å². The smallest absolute Gasteiger partial charge is 0.0601 e. The summed E-state index contributed by atoms with van der Waals surface area (Å²) in [6.45, 7) is 6.49. The summed E-state index contributed by atoms with van der Waals surface area (Å²) in [5.74, 6) is 6.96. The second-order valence-corrected chi connectivity index (χ2v) is 3.70. The van der Waals surface area contributed by atoms with Crippen LogP contribution in [0.25, 0.3) is 0 Å². The Morgan fingerprint density at radius 1 is 1.38 bits per heavy atom. The second kappa shape index (κ2) is 6.01. The van der Waals surface area contributed by atoms with Crippen LogP contribution in [0, 0.1) is 17.8 Å². The van der Waals surface area contributed by atoms with E-state index in [0.717, 1.165) is 12.5 Å². The molecule has 1 heterocycles. The molecule has 1 aliphatic rings. The predicted molar refractivity (Wildman–Crippen MR) is 56.5 cm³/mol. The van der Waals surface area contributed by atoms with Gasteiger partial charge in [-0.2, -0.15) is 0 Å². The molecule has 0 saturated carbocycles. The number of nitrogens with one attached hydrogen (secondary N) is 1. The van der Waals surface area contributed by atoms with Crippen LogP contribution >= 0.6 is 0 Å². The van der Waals surface area contributed by atoms with Crippen LogP contribution in [-0.2, 0) is 0 Å². The van der Waals surface area contributed by atoms with Gasteiger partial charge in [0.15, 0.2) is 0 Å². The van der Waals surface area contributed by atoms with E-state index >= 15 is 0 Å². The Hall–Kier alpha value is -0.520. The van der Waals surface area contributed by atoms with Gasteiger partial charge in [0.1, 0.15) is 0 Å². The highest BCUT2D eigenvalue weighted by molar-refractivity contribution is 4.98. The van der Waals surface area contributed by atoms with Crippen LogP contribution in [0.15, 0.2) is 0 Å². The third kappa shape index (κ3) is 3.80. The SMILES string of the molecule is CC#CCN1CCC(CNC)CC1. The van der Waals surface area contributed by atoms with Gasteiger partial charge in [-0.15, -0.1) is 5.92 Å². The first kappa shape index (κ1) is 10.6. The van der Waals surface area contributed by atoms with Crippen LogP contribution in [0.5, 0.6) is 0 Å². The van der Waals surface area contributed by atoms with Crippen molar-refractivity contribution in [3.05, 3.63) is 0 Å². The summed E-state index contributed by atoms with van der Waals surface area (Å²) >= 11 is 0. The van der Waals surface area contributed by atoms with E-state index in [9.17, 15) is 0 Å². The van der Waals surface area contributed by atoms with Crippen molar-refractivity contribution in [2.75, 3.05) is 33.2 Å². The highest BCUT2D eigenvalue weighted by atomic mass is 15.1. The van der Waals surface area contributed by atoms with Gasteiger partial charge in [0, 0.05) is 0 Å². The summed E-state index contributed by atoms with van der Waals surface area (Å²) in [5, 5.41) is 3.25. The lowest BCUT2D eigenvalue weighted by atomic mass is 9.97. The van der Waals surface area contributed by atoms with E-state index in [1.54, 1.807) is 0 Å². The van der Waals surface area contributed by atoms with Crippen LogP contribution in [0.4, 0.5) is 0 Å². The van der Waals surface area contributed by atoms with E-state index in [1.165, 1.54) is 32.5 Å². The van der Waals surface area contributed by atoms with Gasteiger partial charge in [-0.05, 0) is 52.4 Å². The Balaban J connectivity index is 2.17. The van der Waals surface area contributed by atoms with Gasteiger partial charge in [-0.3, -0.25) is 4.90 Å². The predicted octanol–water partition coefficient (Wildman–Crippen LogP) is 0.941. The molecule has 0 unspecified atom stereocenters. The van der Waals surface area contributed by atoms with E-state index < -0.39 is 0 Å². The Morgan fingerprint density at radius 3 is 2.62 bits per heavy atom. The number of piperidine rings is 1. The van der Waals surface area contributed by atoms with Crippen LogP contribution < -0.4 is 5.32 Å². The van der Waals surface area contributed by atoms with E-state index in [2.05, 4.69) is 22.1 Å². The normalized spacial score (nSPS) is 19.5. The Morgan fingerprint density at radius 2 is 2.08 bits per heavy atom. The second-order valence-electron chi connectivity index (χ2n) is 3.70. The van der Waals surface area contributed by atoms with Crippen LogP contribution in [-0.4, -0.2) is 38.1 Å². The molecule has 2 nitrogen and oxygen atoms in total. The maximum absolute atomic E-state index is 3.25. The Labute approximate surface area is 81.7 Å². The Kier molecular flexibility index (Phi) is 4.88. The van der Waals surface area contributed by atoms with Gasteiger partial charge >= 0.3 is 0 Å². The summed E-state index contributed by atoms with van der Waals surface area (Å²) in [5.41, 5.74) is 0. The van der Waals surface area contributed by atoms with Gasteiger partial charge in [0.2, 0.25) is 0 Å². The molecule has 0 radical (unpaired) electrons. The first-order chi connectivity index (χ1) is 6.36. The van der Waals surface area contributed by atoms with Gasteiger partial charge in [-0.25, -0.2) is 0 Å². The van der Waals surface area contributed by atoms with Gasteiger partial charge < -0.3 is 5.32 Å². The molecule has 0 aromatic rings. The van der Waals surface area contributed by atoms with E-state index in [0.29, 0.717) is 0 Å². The zero-order valence-electron chi connectivity index (χ0n) is 8.77. The Bertz CT molecular complexity index is 182. The largest absolute Gasteiger partial charge is 0.319 e. The van der Waals surface area contributed by atoms with Crippen LogP contribution in [0.1, 0.15) is 19.8 Å². The topological polar surface area (TPSA) is 15.3 Å². The highest BCUT2D eigenvalue weighted by Crippen LogP contribution is 2.15. The van der Waals surface area contributed by atoms with Gasteiger partial charge in [-0.1, -0.05) is 5.92 Å². The number of hydrogen-bond acceptors (Lipinski definition) is 2. The molecule has 0 amide bonds. The molecule has 2 heteroatoms. The monoisotopic (exact) mass is 180 g/mol. The maximum Gasteiger partial charge on any atom is 0.0601 e. The fourth-order valence-electron chi connectivity index (χ4n) is 1.83. The third-order valence-electron chi connectivity index (χ3n) is 2.68. The fraction of sp³-hybridized carbons (Fsp3) is 0.818. The molecule has 1 aliphatic heterocycles. The molecule has 1 fully saturated rings. The lowest BCUT2D eigenvalue weighted by Crippen LogP contribution is -2.36. The quantitative estimate of drug-likeness (QED) is 0.650. The third-order valence-corrected chi connectivity index (χ3v) is 2.68. The molecule has 0 bridgehead atoms. The number of likely N-dealkylation sites (tertiary alicyclic amines) is 1. The van der Waals surface area contributed by atoms with Gasteiger partial charge in [0.05, 0.1) is 6.54 Å². The number of nitrogens with zero attached hydrogens (tertiary/aromatic N) is 1. The van der Waals surface area contributed by atoms with Crippen molar-refractivity contribution in [2.45, 2.75) is 19.8 Å². The molecule has 13 heavy (non-hydrogen) atoms. The molecular formula is C11H20N2. The molecule has 0 atom stereocenters. The molecule has 0 aromatic heterocycles. The van der Waals surface area contributed by atoms with Crippen molar-refractivity contribution < 1.29 is 0 Å². The van der Waals surface area contributed by atoms with Gasteiger partial charge in [0.25, 0.3) is 0 Å². The first-order valence-corrected chi connectivity index (χ1v) is 5.13. The van der Waals surface area contributed by atoms with Crippen molar-refractivity contribution in [3.8, 4) is 11.8 Å². The summed E-state index contributed by atoms with van der Waals surface area (Å²) < 4.78 is 0. The maximum atomic E-state index is 3.25. The molecule has 1 N–H and O–H groups in total. The minimum Gasteiger partial charge on any atom is -0.319 e.